The van der Waals surface area contributed by atoms with E-state index in [1.807, 2.05) is 0 Å². The van der Waals surface area contributed by atoms with E-state index in [2.05, 4.69) is 10.4 Å². The van der Waals surface area contributed by atoms with E-state index in [1.165, 1.54) is 0 Å². The third kappa shape index (κ3) is 2.81. The Morgan fingerprint density at radius 3 is 2.54 bits per heavy atom. The van der Waals surface area contributed by atoms with Gasteiger partial charge < -0.3 is 10.4 Å². The lowest BCUT2D eigenvalue weighted by molar-refractivity contribution is -0.140. The molecule has 1 saturated heterocycles. The van der Waals surface area contributed by atoms with E-state index < -0.39 is 33.1 Å². The van der Waals surface area contributed by atoms with Gasteiger partial charge in [0.25, 0.3) is 0 Å². The number of carboxylic acid groups (broad SMARTS) is 1. The molecule has 2 heterocycles. The number of carbonyl (C=O) groups is 2. The first kappa shape index (κ1) is 16.9. The topological polar surface area (TPSA) is 118 Å². The van der Waals surface area contributed by atoms with Crippen LogP contribution in [0.1, 0.15) is 32.0 Å². The molecular formula is C15H21N3O5S. The second kappa shape index (κ2) is 5.30. The molecule has 1 aliphatic heterocycles. The summed E-state index contributed by atoms with van der Waals surface area (Å²) in [5.41, 5.74) is 0.0754. The van der Waals surface area contributed by atoms with Crippen LogP contribution in [0.4, 0.5) is 5.82 Å². The number of aromatic nitrogens is 2. The van der Waals surface area contributed by atoms with Crippen molar-refractivity contribution in [2.24, 2.45) is 17.3 Å². The Hall–Kier alpha value is -1.90. The lowest BCUT2D eigenvalue weighted by Crippen LogP contribution is -2.22. The van der Waals surface area contributed by atoms with Gasteiger partial charge in [-0.2, -0.15) is 5.10 Å². The smallest absolute Gasteiger partial charge is 0.307 e. The van der Waals surface area contributed by atoms with Gasteiger partial charge in [0.2, 0.25) is 5.91 Å². The molecule has 24 heavy (non-hydrogen) atoms. The molecular weight excluding hydrogens is 334 g/mol. The number of aliphatic carboxylic acids is 1. The van der Waals surface area contributed by atoms with Gasteiger partial charge in [0, 0.05) is 6.07 Å². The fourth-order valence-corrected chi connectivity index (χ4v) is 5.34. The number of nitrogens with zero attached hydrogens (tertiary/aromatic N) is 2. The Bertz CT molecular complexity index is 811. The number of carboxylic acids is 1. The van der Waals surface area contributed by atoms with Crippen molar-refractivity contribution in [3.05, 3.63) is 11.8 Å². The first-order chi connectivity index (χ1) is 11.0. The molecule has 1 aromatic heterocycles. The van der Waals surface area contributed by atoms with Crippen molar-refractivity contribution in [1.29, 1.82) is 0 Å². The number of sulfone groups is 1. The summed E-state index contributed by atoms with van der Waals surface area (Å²) in [5, 5.41) is 16.2. The SMILES string of the molecule is Cc1cc(NC(=O)[C@@H]2[C@@H](C(=O)O)C2(C)C)n([C@@H]2CCS(=O)(=O)C2)n1. The molecule has 0 radical (unpaired) electrons. The molecule has 1 saturated carbocycles. The molecule has 3 atom stereocenters. The van der Waals surface area contributed by atoms with Crippen molar-refractivity contribution in [2.75, 3.05) is 16.8 Å². The second-order valence-corrected chi connectivity index (χ2v) is 9.51. The van der Waals surface area contributed by atoms with Gasteiger partial charge in [0.1, 0.15) is 5.82 Å². The number of amides is 1. The average Bonchev–Trinajstić information content (AvgIpc) is 2.70. The average molecular weight is 355 g/mol. The van der Waals surface area contributed by atoms with E-state index >= 15 is 0 Å². The number of aryl methyl sites for hydroxylation is 1. The number of nitrogens with one attached hydrogen (secondary N) is 1. The highest BCUT2D eigenvalue weighted by molar-refractivity contribution is 7.91. The molecule has 132 valence electrons. The summed E-state index contributed by atoms with van der Waals surface area (Å²) in [6.07, 6.45) is 0.457. The minimum Gasteiger partial charge on any atom is -0.481 e. The first-order valence-corrected chi connectivity index (χ1v) is 9.65. The molecule has 0 bridgehead atoms. The van der Waals surface area contributed by atoms with Crippen molar-refractivity contribution in [2.45, 2.75) is 33.2 Å². The Balaban J connectivity index is 1.79. The lowest BCUT2D eigenvalue weighted by atomic mass is 10.1. The molecule has 0 aromatic carbocycles. The predicted octanol–water partition coefficient (Wildman–Crippen LogP) is 0.846. The van der Waals surface area contributed by atoms with Crippen LogP contribution in [0.15, 0.2) is 6.07 Å². The molecule has 0 unspecified atom stereocenters. The van der Waals surface area contributed by atoms with Crippen LogP contribution in [0, 0.1) is 24.2 Å². The van der Waals surface area contributed by atoms with Gasteiger partial charge in [-0.15, -0.1) is 0 Å². The van der Waals surface area contributed by atoms with Crippen molar-refractivity contribution in [1.82, 2.24) is 9.78 Å². The van der Waals surface area contributed by atoms with Crippen LogP contribution < -0.4 is 5.32 Å². The summed E-state index contributed by atoms with van der Waals surface area (Å²) in [4.78, 5) is 23.7. The Morgan fingerprint density at radius 1 is 1.38 bits per heavy atom. The lowest BCUT2D eigenvalue weighted by Gasteiger charge is -2.14. The summed E-state index contributed by atoms with van der Waals surface area (Å²) in [6.45, 7) is 5.26. The Morgan fingerprint density at radius 2 is 2.04 bits per heavy atom. The molecule has 8 nitrogen and oxygen atoms in total. The van der Waals surface area contributed by atoms with Gasteiger partial charge in [0.05, 0.1) is 35.1 Å². The van der Waals surface area contributed by atoms with Crippen LogP contribution in [0.25, 0.3) is 0 Å². The Labute approximate surface area is 140 Å². The van der Waals surface area contributed by atoms with Crippen LogP contribution >= 0.6 is 0 Å². The molecule has 2 fully saturated rings. The fourth-order valence-electron chi connectivity index (χ4n) is 3.65. The molecule has 1 aromatic rings. The maximum absolute atomic E-state index is 12.5. The maximum Gasteiger partial charge on any atom is 0.307 e. The number of hydrogen-bond acceptors (Lipinski definition) is 5. The largest absolute Gasteiger partial charge is 0.481 e. The zero-order valence-corrected chi connectivity index (χ0v) is 14.6. The summed E-state index contributed by atoms with van der Waals surface area (Å²) in [5.74, 6) is -2.12. The molecule has 9 heteroatoms. The molecule has 2 N–H and O–H groups in total. The number of rotatable bonds is 4. The van der Waals surface area contributed by atoms with Crippen LogP contribution in [-0.2, 0) is 19.4 Å². The zero-order chi connectivity index (χ0) is 17.9. The molecule has 3 rings (SSSR count). The second-order valence-electron chi connectivity index (χ2n) is 7.28. The summed E-state index contributed by atoms with van der Waals surface area (Å²) >= 11 is 0. The predicted molar refractivity (Wildman–Crippen MR) is 86.3 cm³/mol. The van der Waals surface area contributed by atoms with Gasteiger partial charge in [-0.3, -0.25) is 9.59 Å². The van der Waals surface area contributed by atoms with Crippen molar-refractivity contribution < 1.29 is 23.1 Å². The van der Waals surface area contributed by atoms with Gasteiger partial charge in [-0.25, -0.2) is 13.1 Å². The standard InChI is InChI=1S/C15H21N3O5S/c1-8-6-10(18(17-8)9-4-5-24(22,23)7-9)16-13(19)11-12(14(20)21)15(11,2)3/h6,9,11-12H,4-5,7H2,1-3H3,(H,16,19)(H,20,21)/t9-,11+,12+/m1/s1. The number of carbonyl (C=O) groups excluding carboxylic acids is 1. The highest BCUT2D eigenvalue weighted by Crippen LogP contribution is 2.58. The molecule has 2 aliphatic rings. The number of anilines is 1. The van der Waals surface area contributed by atoms with E-state index in [4.69, 9.17) is 0 Å². The molecule has 1 amide bonds. The van der Waals surface area contributed by atoms with E-state index in [0.29, 0.717) is 17.9 Å². The van der Waals surface area contributed by atoms with Crippen LogP contribution in [-0.4, -0.2) is 46.7 Å². The van der Waals surface area contributed by atoms with Gasteiger partial charge in [-0.05, 0) is 18.8 Å². The monoisotopic (exact) mass is 355 g/mol. The number of hydrogen-bond donors (Lipinski definition) is 2. The van der Waals surface area contributed by atoms with Crippen LogP contribution in [0.2, 0.25) is 0 Å². The molecule has 1 aliphatic carbocycles. The third-order valence-electron chi connectivity index (χ3n) is 5.04. The van der Waals surface area contributed by atoms with Gasteiger partial charge in [0.15, 0.2) is 9.84 Å². The summed E-state index contributed by atoms with van der Waals surface area (Å²) in [6, 6.07) is 1.37. The third-order valence-corrected chi connectivity index (χ3v) is 6.79. The summed E-state index contributed by atoms with van der Waals surface area (Å²) in [7, 11) is -3.07. The van der Waals surface area contributed by atoms with E-state index in [1.54, 1.807) is 31.5 Å². The molecule has 0 spiro atoms. The quantitative estimate of drug-likeness (QED) is 0.826. The van der Waals surface area contributed by atoms with E-state index in [-0.39, 0.29) is 23.5 Å². The van der Waals surface area contributed by atoms with Gasteiger partial charge >= 0.3 is 5.97 Å². The van der Waals surface area contributed by atoms with Crippen LogP contribution in [0.5, 0.6) is 0 Å². The minimum atomic E-state index is -3.07. The van der Waals surface area contributed by atoms with E-state index in [9.17, 15) is 23.1 Å². The minimum absolute atomic E-state index is 0.00363. The van der Waals surface area contributed by atoms with Gasteiger partial charge in [-0.1, -0.05) is 13.8 Å². The van der Waals surface area contributed by atoms with Crippen molar-refractivity contribution in [3.63, 3.8) is 0 Å². The van der Waals surface area contributed by atoms with E-state index in [0.717, 1.165) is 0 Å². The Kier molecular flexibility index (Phi) is 3.74. The maximum atomic E-state index is 12.5. The zero-order valence-electron chi connectivity index (χ0n) is 13.8. The highest BCUT2D eigenvalue weighted by atomic mass is 32.2. The van der Waals surface area contributed by atoms with Crippen LogP contribution in [0.3, 0.4) is 0 Å². The first-order valence-electron chi connectivity index (χ1n) is 7.83. The fraction of sp³-hybridized carbons (Fsp3) is 0.667. The van der Waals surface area contributed by atoms with Crippen molar-refractivity contribution in [3.8, 4) is 0 Å². The highest BCUT2D eigenvalue weighted by Gasteiger charge is 2.66. The normalized spacial score (nSPS) is 30.0. The van der Waals surface area contributed by atoms with Crippen molar-refractivity contribution >= 4 is 27.5 Å². The summed E-state index contributed by atoms with van der Waals surface area (Å²) < 4.78 is 24.9.